The fourth-order valence-corrected chi connectivity index (χ4v) is 3.61. The summed E-state index contributed by atoms with van der Waals surface area (Å²) in [6.45, 7) is 14.3. The lowest BCUT2D eigenvalue weighted by Gasteiger charge is -2.50. The molecule has 1 aliphatic carbocycles. The van der Waals surface area contributed by atoms with Gasteiger partial charge in [0.05, 0.1) is 0 Å². The van der Waals surface area contributed by atoms with Crippen LogP contribution >= 0.6 is 0 Å². The van der Waals surface area contributed by atoms with E-state index in [1.807, 2.05) is 0 Å². The van der Waals surface area contributed by atoms with Gasteiger partial charge in [0.1, 0.15) is 0 Å². The third kappa shape index (κ3) is 3.76. The van der Waals surface area contributed by atoms with E-state index in [-0.39, 0.29) is 5.54 Å². The number of nitrogens with zero attached hydrogens (tertiary/aromatic N) is 1. The van der Waals surface area contributed by atoms with Gasteiger partial charge in [-0.15, -0.1) is 0 Å². The lowest BCUT2D eigenvalue weighted by molar-refractivity contribution is 0.0141. The highest BCUT2D eigenvalue weighted by molar-refractivity contribution is 4.97. The molecule has 1 aliphatic rings. The average molecular weight is 283 g/mol. The van der Waals surface area contributed by atoms with Gasteiger partial charge in [-0.25, -0.2) is 0 Å². The number of hydrogen-bond acceptors (Lipinski definition) is 2. The van der Waals surface area contributed by atoms with Gasteiger partial charge in [0.25, 0.3) is 0 Å². The van der Waals surface area contributed by atoms with Crippen molar-refractivity contribution in [3.63, 3.8) is 0 Å². The van der Waals surface area contributed by atoms with Crippen molar-refractivity contribution in [2.75, 3.05) is 14.1 Å². The molecule has 2 heteroatoms. The molecule has 3 unspecified atom stereocenters. The standard InChI is InChI=1S/C18H38N2/c1-9-17(3,4)14-11-12-15(19-7)16(13-14)20(8)18(5,6)10-2/h14-16,19H,9-13H2,1-8H3. The Hall–Kier alpha value is -0.0800. The van der Waals surface area contributed by atoms with Crippen LogP contribution < -0.4 is 5.32 Å². The van der Waals surface area contributed by atoms with Gasteiger partial charge in [-0.3, -0.25) is 4.90 Å². The summed E-state index contributed by atoms with van der Waals surface area (Å²) in [4.78, 5) is 2.64. The van der Waals surface area contributed by atoms with E-state index in [4.69, 9.17) is 0 Å². The van der Waals surface area contributed by atoms with Crippen molar-refractivity contribution in [3.05, 3.63) is 0 Å². The molecule has 1 N–H and O–H groups in total. The van der Waals surface area contributed by atoms with E-state index in [9.17, 15) is 0 Å². The SMILES string of the molecule is CCC(C)(C)C1CCC(NC)C(N(C)C(C)(C)CC)C1. The molecule has 0 aromatic carbocycles. The second kappa shape index (κ2) is 6.79. The van der Waals surface area contributed by atoms with Crippen LogP contribution in [0.15, 0.2) is 0 Å². The second-order valence-electron chi connectivity index (χ2n) is 8.09. The molecule has 0 bridgehead atoms. The summed E-state index contributed by atoms with van der Waals surface area (Å²) in [6.07, 6.45) is 6.53. The van der Waals surface area contributed by atoms with Crippen LogP contribution in [-0.2, 0) is 0 Å². The van der Waals surface area contributed by atoms with Crippen molar-refractivity contribution < 1.29 is 0 Å². The second-order valence-corrected chi connectivity index (χ2v) is 8.09. The van der Waals surface area contributed by atoms with Crippen LogP contribution in [0.4, 0.5) is 0 Å². The maximum Gasteiger partial charge on any atom is 0.0254 e. The molecule has 2 nitrogen and oxygen atoms in total. The van der Waals surface area contributed by atoms with E-state index < -0.39 is 0 Å². The molecule has 1 fully saturated rings. The van der Waals surface area contributed by atoms with E-state index in [1.165, 1.54) is 32.1 Å². The molecule has 0 spiro atoms. The summed E-state index contributed by atoms with van der Waals surface area (Å²) < 4.78 is 0. The molecule has 1 saturated carbocycles. The van der Waals surface area contributed by atoms with Gasteiger partial charge in [0, 0.05) is 17.6 Å². The lowest BCUT2D eigenvalue weighted by Crippen LogP contribution is -2.58. The summed E-state index contributed by atoms with van der Waals surface area (Å²) in [5.41, 5.74) is 0.770. The van der Waals surface area contributed by atoms with Crippen molar-refractivity contribution >= 4 is 0 Å². The van der Waals surface area contributed by atoms with Gasteiger partial charge in [-0.1, -0.05) is 34.1 Å². The number of likely N-dealkylation sites (N-methyl/N-ethyl adjacent to an activating group) is 2. The van der Waals surface area contributed by atoms with Crippen LogP contribution in [-0.4, -0.2) is 36.6 Å². The van der Waals surface area contributed by atoms with E-state index in [0.717, 1.165) is 5.92 Å². The Morgan fingerprint density at radius 3 is 2.10 bits per heavy atom. The molecule has 20 heavy (non-hydrogen) atoms. The van der Waals surface area contributed by atoms with E-state index in [2.05, 4.69) is 65.9 Å². The highest BCUT2D eigenvalue weighted by atomic mass is 15.2. The lowest BCUT2D eigenvalue weighted by atomic mass is 9.67. The average Bonchev–Trinajstić information content (AvgIpc) is 2.45. The van der Waals surface area contributed by atoms with Crippen LogP contribution in [0.3, 0.4) is 0 Å². The summed E-state index contributed by atoms with van der Waals surface area (Å²) in [6, 6.07) is 1.31. The molecule has 0 aromatic rings. The molecule has 0 aromatic heterocycles. The number of rotatable bonds is 6. The topological polar surface area (TPSA) is 15.3 Å². The first-order chi connectivity index (χ1) is 9.19. The Morgan fingerprint density at radius 2 is 1.65 bits per heavy atom. The van der Waals surface area contributed by atoms with Crippen LogP contribution in [0.2, 0.25) is 0 Å². The van der Waals surface area contributed by atoms with Crippen molar-refractivity contribution in [1.29, 1.82) is 0 Å². The normalized spacial score (nSPS) is 28.9. The summed E-state index contributed by atoms with van der Waals surface area (Å²) in [7, 11) is 4.47. The Kier molecular flexibility index (Phi) is 6.10. The van der Waals surface area contributed by atoms with Crippen LogP contribution in [0.25, 0.3) is 0 Å². The minimum absolute atomic E-state index is 0.290. The van der Waals surface area contributed by atoms with Gasteiger partial charge in [0.15, 0.2) is 0 Å². The highest BCUT2D eigenvalue weighted by Gasteiger charge is 2.40. The zero-order valence-corrected chi connectivity index (χ0v) is 15.2. The quantitative estimate of drug-likeness (QED) is 0.781. The predicted molar refractivity (Wildman–Crippen MR) is 90.2 cm³/mol. The minimum atomic E-state index is 0.290. The van der Waals surface area contributed by atoms with E-state index in [0.29, 0.717) is 17.5 Å². The van der Waals surface area contributed by atoms with Crippen molar-refractivity contribution in [3.8, 4) is 0 Å². The molecule has 0 heterocycles. The van der Waals surface area contributed by atoms with Gasteiger partial charge in [-0.2, -0.15) is 0 Å². The van der Waals surface area contributed by atoms with Crippen LogP contribution in [0.5, 0.6) is 0 Å². The largest absolute Gasteiger partial charge is 0.315 e. The van der Waals surface area contributed by atoms with Crippen LogP contribution in [0, 0.1) is 11.3 Å². The zero-order valence-electron chi connectivity index (χ0n) is 15.2. The van der Waals surface area contributed by atoms with E-state index >= 15 is 0 Å². The first-order valence-electron chi connectivity index (χ1n) is 8.59. The summed E-state index contributed by atoms with van der Waals surface area (Å²) >= 11 is 0. The molecule has 0 saturated heterocycles. The fourth-order valence-electron chi connectivity index (χ4n) is 3.61. The third-order valence-corrected chi connectivity index (χ3v) is 6.52. The Morgan fingerprint density at radius 1 is 1.05 bits per heavy atom. The van der Waals surface area contributed by atoms with E-state index in [1.54, 1.807) is 0 Å². The Labute approximate surface area is 127 Å². The molecule has 0 radical (unpaired) electrons. The zero-order chi connectivity index (χ0) is 15.6. The van der Waals surface area contributed by atoms with Crippen molar-refractivity contribution in [2.24, 2.45) is 11.3 Å². The Bertz CT molecular complexity index is 296. The van der Waals surface area contributed by atoms with Crippen LogP contribution in [0.1, 0.15) is 73.6 Å². The Balaban J connectivity index is 2.89. The van der Waals surface area contributed by atoms with Gasteiger partial charge < -0.3 is 5.32 Å². The van der Waals surface area contributed by atoms with Crippen molar-refractivity contribution in [2.45, 2.75) is 91.3 Å². The fraction of sp³-hybridized carbons (Fsp3) is 1.00. The smallest absolute Gasteiger partial charge is 0.0254 e. The molecular weight excluding hydrogens is 244 g/mol. The van der Waals surface area contributed by atoms with Gasteiger partial charge in [0.2, 0.25) is 0 Å². The molecule has 0 amide bonds. The maximum absolute atomic E-state index is 3.58. The molecule has 0 aliphatic heterocycles. The summed E-state index contributed by atoms with van der Waals surface area (Å²) in [5.74, 6) is 0.859. The summed E-state index contributed by atoms with van der Waals surface area (Å²) in [5, 5.41) is 3.58. The number of hydrogen-bond donors (Lipinski definition) is 1. The monoisotopic (exact) mass is 282 g/mol. The minimum Gasteiger partial charge on any atom is -0.315 e. The molecule has 120 valence electrons. The van der Waals surface area contributed by atoms with Crippen molar-refractivity contribution in [1.82, 2.24) is 10.2 Å². The highest BCUT2D eigenvalue weighted by Crippen LogP contribution is 2.42. The number of nitrogens with one attached hydrogen (secondary N) is 1. The van der Waals surface area contributed by atoms with Gasteiger partial charge in [-0.05, 0) is 65.0 Å². The predicted octanol–water partition coefficient (Wildman–Crippen LogP) is 4.30. The first kappa shape index (κ1) is 18.0. The third-order valence-electron chi connectivity index (χ3n) is 6.52. The molecule has 1 rings (SSSR count). The first-order valence-corrected chi connectivity index (χ1v) is 8.59. The molecular formula is C18H38N2. The maximum atomic E-state index is 3.58. The molecule has 3 atom stereocenters. The van der Waals surface area contributed by atoms with Gasteiger partial charge >= 0.3 is 0 Å².